The summed E-state index contributed by atoms with van der Waals surface area (Å²) in [5.74, 6) is -1.90. The predicted molar refractivity (Wildman–Crippen MR) is 68.8 cm³/mol. The molecule has 1 aromatic carbocycles. The van der Waals surface area contributed by atoms with Gasteiger partial charge in [0.1, 0.15) is 5.69 Å². The first kappa shape index (κ1) is 13.6. The van der Waals surface area contributed by atoms with Gasteiger partial charge in [0.15, 0.2) is 17.2 Å². The van der Waals surface area contributed by atoms with Crippen molar-refractivity contribution in [2.75, 3.05) is 14.2 Å². The molecule has 20 heavy (non-hydrogen) atoms. The van der Waals surface area contributed by atoms with Crippen molar-refractivity contribution in [1.82, 2.24) is 4.98 Å². The summed E-state index contributed by atoms with van der Waals surface area (Å²) < 4.78 is 10.2. The van der Waals surface area contributed by atoms with Gasteiger partial charge in [0.2, 0.25) is 0 Å². The Balaban J connectivity index is 2.86. The zero-order valence-corrected chi connectivity index (χ0v) is 10.7. The summed E-state index contributed by atoms with van der Waals surface area (Å²) >= 11 is 0. The number of aromatic nitrogens is 1. The number of hydrogen-bond donors (Lipinski definition) is 2. The molecule has 0 fully saturated rings. The van der Waals surface area contributed by atoms with Crippen LogP contribution in [0.5, 0.6) is 11.5 Å². The number of fused-ring (bicyclic) bond motifs is 1. The second-order valence-corrected chi connectivity index (χ2v) is 3.89. The van der Waals surface area contributed by atoms with Crippen molar-refractivity contribution in [3.63, 3.8) is 0 Å². The molecule has 0 spiro atoms. The molecule has 0 unspecified atom stereocenters. The Morgan fingerprint density at radius 1 is 1.00 bits per heavy atom. The molecule has 0 aliphatic carbocycles. The van der Waals surface area contributed by atoms with E-state index in [0.29, 0.717) is 16.9 Å². The van der Waals surface area contributed by atoms with Gasteiger partial charge >= 0.3 is 11.9 Å². The predicted octanol–water partition coefficient (Wildman–Crippen LogP) is 1.65. The highest BCUT2D eigenvalue weighted by Crippen LogP contribution is 2.33. The number of carbonyl (C=O) groups is 2. The molecule has 0 saturated carbocycles. The van der Waals surface area contributed by atoms with Crippen LogP contribution in [0.3, 0.4) is 0 Å². The molecule has 104 valence electrons. The minimum absolute atomic E-state index is 0.278. The maximum atomic E-state index is 11.2. The summed E-state index contributed by atoms with van der Waals surface area (Å²) in [6, 6.07) is 4.25. The van der Waals surface area contributed by atoms with Gasteiger partial charge in [0, 0.05) is 5.39 Å². The van der Waals surface area contributed by atoms with Crippen LogP contribution in [0.15, 0.2) is 18.2 Å². The monoisotopic (exact) mass is 277 g/mol. The fourth-order valence-corrected chi connectivity index (χ4v) is 1.85. The maximum absolute atomic E-state index is 11.2. The third kappa shape index (κ3) is 2.20. The summed E-state index contributed by atoms with van der Waals surface area (Å²) in [6.45, 7) is 0. The van der Waals surface area contributed by atoms with E-state index in [4.69, 9.17) is 19.7 Å². The van der Waals surface area contributed by atoms with Crippen LogP contribution < -0.4 is 9.47 Å². The van der Waals surface area contributed by atoms with E-state index < -0.39 is 11.9 Å². The van der Waals surface area contributed by atoms with E-state index in [1.165, 1.54) is 32.4 Å². The zero-order chi connectivity index (χ0) is 14.9. The second-order valence-electron chi connectivity index (χ2n) is 3.89. The summed E-state index contributed by atoms with van der Waals surface area (Å²) in [6.07, 6.45) is 0. The summed E-state index contributed by atoms with van der Waals surface area (Å²) in [7, 11) is 2.85. The molecule has 2 aromatic rings. The normalized spacial score (nSPS) is 10.3. The van der Waals surface area contributed by atoms with Gasteiger partial charge in [0.05, 0.1) is 14.2 Å². The SMILES string of the molecule is COc1cc2cc(C(=O)O)nc(C(=O)O)c2cc1OC. The van der Waals surface area contributed by atoms with Crippen molar-refractivity contribution >= 4 is 22.7 Å². The highest BCUT2D eigenvalue weighted by molar-refractivity contribution is 6.05. The number of nitrogens with zero attached hydrogens (tertiary/aromatic N) is 1. The first-order valence-corrected chi connectivity index (χ1v) is 5.51. The Hall–Kier alpha value is -2.83. The molecule has 0 saturated heterocycles. The topological polar surface area (TPSA) is 106 Å². The van der Waals surface area contributed by atoms with Gasteiger partial charge in [-0.25, -0.2) is 14.6 Å². The third-order valence-corrected chi connectivity index (χ3v) is 2.76. The summed E-state index contributed by atoms with van der Waals surface area (Å²) in [5.41, 5.74) is -0.692. The van der Waals surface area contributed by atoms with Crippen LogP contribution in [0.25, 0.3) is 10.8 Å². The van der Waals surface area contributed by atoms with Crippen LogP contribution in [-0.4, -0.2) is 41.4 Å². The van der Waals surface area contributed by atoms with E-state index in [-0.39, 0.29) is 16.8 Å². The second kappa shape index (κ2) is 5.04. The standard InChI is InChI=1S/C13H11NO6/c1-19-9-4-6-3-8(12(15)16)14-11(13(17)18)7(6)5-10(9)20-2/h3-5H,1-2H3,(H,15,16)(H,17,18). The molecule has 2 rings (SSSR count). The van der Waals surface area contributed by atoms with Gasteiger partial charge in [-0.2, -0.15) is 0 Å². The molecule has 1 aromatic heterocycles. The van der Waals surface area contributed by atoms with Crippen LogP contribution in [0.1, 0.15) is 21.0 Å². The van der Waals surface area contributed by atoms with E-state index in [1.54, 1.807) is 0 Å². The van der Waals surface area contributed by atoms with E-state index in [0.717, 1.165) is 0 Å². The summed E-state index contributed by atoms with van der Waals surface area (Å²) in [4.78, 5) is 25.8. The number of hydrogen-bond acceptors (Lipinski definition) is 5. The minimum atomic E-state index is -1.31. The fraction of sp³-hybridized carbons (Fsp3) is 0.154. The van der Waals surface area contributed by atoms with Gasteiger partial charge in [0.25, 0.3) is 0 Å². The Morgan fingerprint density at radius 3 is 2.10 bits per heavy atom. The maximum Gasteiger partial charge on any atom is 0.355 e. The van der Waals surface area contributed by atoms with Crippen LogP contribution in [-0.2, 0) is 0 Å². The van der Waals surface area contributed by atoms with Gasteiger partial charge in [-0.3, -0.25) is 0 Å². The number of benzene rings is 1. The lowest BCUT2D eigenvalue weighted by Gasteiger charge is -2.10. The van der Waals surface area contributed by atoms with E-state index in [9.17, 15) is 9.59 Å². The first-order chi connectivity index (χ1) is 9.47. The number of pyridine rings is 1. The average molecular weight is 277 g/mol. The molecule has 0 amide bonds. The first-order valence-electron chi connectivity index (χ1n) is 5.51. The Kier molecular flexibility index (Phi) is 3.43. The van der Waals surface area contributed by atoms with Gasteiger partial charge in [-0.05, 0) is 23.6 Å². The average Bonchev–Trinajstić information content (AvgIpc) is 2.43. The minimum Gasteiger partial charge on any atom is -0.493 e. The van der Waals surface area contributed by atoms with E-state index in [2.05, 4.69) is 4.98 Å². The molecule has 7 heteroatoms. The van der Waals surface area contributed by atoms with Gasteiger partial charge in [-0.1, -0.05) is 0 Å². The molecule has 0 bridgehead atoms. The lowest BCUT2D eigenvalue weighted by molar-refractivity contribution is 0.0687. The Bertz CT molecular complexity index is 710. The van der Waals surface area contributed by atoms with Crippen molar-refractivity contribution in [3.05, 3.63) is 29.6 Å². The molecule has 0 radical (unpaired) electrons. The molecule has 0 aliphatic rings. The molecular formula is C13H11NO6. The lowest BCUT2D eigenvalue weighted by Crippen LogP contribution is -2.08. The molecule has 7 nitrogen and oxygen atoms in total. The highest BCUT2D eigenvalue weighted by atomic mass is 16.5. The zero-order valence-electron chi connectivity index (χ0n) is 10.7. The molecule has 1 heterocycles. The lowest BCUT2D eigenvalue weighted by atomic mass is 10.1. The van der Waals surface area contributed by atoms with Crippen LogP contribution in [0.4, 0.5) is 0 Å². The largest absolute Gasteiger partial charge is 0.493 e. The smallest absolute Gasteiger partial charge is 0.355 e. The van der Waals surface area contributed by atoms with E-state index in [1.807, 2.05) is 0 Å². The Morgan fingerprint density at radius 2 is 1.60 bits per heavy atom. The number of ether oxygens (including phenoxy) is 2. The number of methoxy groups -OCH3 is 2. The quantitative estimate of drug-likeness (QED) is 0.875. The van der Waals surface area contributed by atoms with Crippen molar-refractivity contribution in [1.29, 1.82) is 0 Å². The number of carboxylic acid groups (broad SMARTS) is 2. The number of rotatable bonds is 4. The van der Waals surface area contributed by atoms with Gasteiger partial charge in [-0.15, -0.1) is 0 Å². The molecule has 0 aliphatic heterocycles. The molecule has 2 N–H and O–H groups in total. The van der Waals surface area contributed by atoms with Crippen LogP contribution in [0, 0.1) is 0 Å². The van der Waals surface area contributed by atoms with Crippen molar-refractivity contribution in [2.45, 2.75) is 0 Å². The van der Waals surface area contributed by atoms with E-state index >= 15 is 0 Å². The molecule has 0 atom stereocenters. The van der Waals surface area contributed by atoms with Crippen LogP contribution in [0.2, 0.25) is 0 Å². The number of carboxylic acids is 2. The summed E-state index contributed by atoms with van der Waals surface area (Å²) in [5, 5.41) is 18.8. The van der Waals surface area contributed by atoms with Gasteiger partial charge < -0.3 is 19.7 Å². The molecular weight excluding hydrogens is 266 g/mol. The number of aromatic carboxylic acids is 2. The third-order valence-electron chi connectivity index (χ3n) is 2.76. The highest BCUT2D eigenvalue weighted by Gasteiger charge is 2.18. The van der Waals surface area contributed by atoms with Crippen molar-refractivity contribution in [3.8, 4) is 11.5 Å². The van der Waals surface area contributed by atoms with Crippen molar-refractivity contribution in [2.24, 2.45) is 0 Å². The Labute approximate surface area is 113 Å². The van der Waals surface area contributed by atoms with Crippen LogP contribution >= 0.6 is 0 Å². The fourth-order valence-electron chi connectivity index (χ4n) is 1.85. The van der Waals surface area contributed by atoms with Crippen molar-refractivity contribution < 1.29 is 29.3 Å².